The summed E-state index contributed by atoms with van der Waals surface area (Å²) in [4.78, 5) is 10.6. The number of nitrogens with one attached hydrogen (secondary N) is 1. The standard InChI is InChI=1S/C13H10FNO2/c14-11-3-1-2-4-12(11)15-10-7-5-9(6-8-10)13(16)17/h1-8,15H,(H,16,17). The Morgan fingerprint density at radius 3 is 2.29 bits per heavy atom. The maximum absolute atomic E-state index is 13.3. The molecule has 4 heteroatoms. The lowest BCUT2D eigenvalue weighted by Gasteiger charge is -2.07. The van der Waals surface area contributed by atoms with E-state index >= 15 is 0 Å². The zero-order chi connectivity index (χ0) is 12.3. The number of hydrogen-bond donors (Lipinski definition) is 2. The molecule has 86 valence electrons. The molecule has 2 aromatic carbocycles. The first-order valence-corrected chi connectivity index (χ1v) is 5.02. The fourth-order valence-electron chi connectivity index (χ4n) is 1.41. The molecule has 0 amide bonds. The first-order valence-electron chi connectivity index (χ1n) is 5.02. The Hall–Kier alpha value is -2.36. The van der Waals surface area contributed by atoms with Crippen molar-refractivity contribution >= 4 is 17.3 Å². The highest BCUT2D eigenvalue weighted by Crippen LogP contribution is 2.19. The lowest BCUT2D eigenvalue weighted by atomic mass is 10.2. The maximum atomic E-state index is 13.3. The molecule has 0 aliphatic rings. The topological polar surface area (TPSA) is 49.3 Å². The van der Waals surface area contributed by atoms with Gasteiger partial charge in [0.25, 0.3) is 0 Å². The second-order valence-electron chi connectivity index (χ2n) is 3.49. The van der Waals surface area contributed by atoms with E-state index < -0.39 is 5.97 Å². The molecule has 0 saturated heterocycles. The molecule has 0 fully saturated rings. The van der Waals surface area contributed by atoms with Gasteiger partial charge in [0.1, 0.15) is 5.82 Å². The maximum Gasteiger partial charge on any atom is 0.335 e. The van der Waals surface area contributed by atoms with Gasteiger partial charge in [-0.25, -0.2) is 9.18 Å². The van der Waals surface area contributed by atoms with E-state index in [1.807, 2.05) is 0 Å². The third-order valence-electron chi connectivity index (χ3n) is 2.28. The van der Waals surface area contributed by atoms with Gasteiger partial charge in [0.15, 0.2) is 0 Å². The van der Waals surface area contributed by atoms with E-state index in [0.29, 0.717) is 11.4 Å². The summed E-state index contributed by atoms with van der Waals surface area (Å²) in [5.41, 5.74) is 1.19. The van der Waals surface area contributed by atoms with E-state index in [1.54, 1.807) is 30.3 Å². The molecule has 0 aromatic heterocycles. The molecule has 2 N–H and O–H groups in total. The predicted octanol–water partition coefficient (Wildman–Crippen LogP) is 3.27. The number of anilines is 2. The molecule has 17 heavy (non-hydrogen) atoms. The van der Waals surface area contributed by atoms with E-state index in [4.69, 9.17) is 5.11 Å². The molecule has 0 heterocycles. The highest BCUT2D eigenvalue weighted by Gasteiger charge is 2.03. The van der Waals surface area contributed by atoms with Gasteiger partial charge in [-0.1, -0.05) is 12.1 Å². The largest absolute Gasteiger partial charge is 0.478 e. The SMILES string of the molecule is O=C(O)c1ccc(Nc2ccccc2F)cc1. The van der Waals surface area contributed by atoms with E-state index in [-0.39, 0.29) is 11.4 Å². The Bertz CT molecular complexity index is 537. The molecule has 0 unspecified atom stereocenters. The van der Waals surface area contributed by atoms with Gasteiger partial charge in [0.05, 0.1) is 11.3 Å². The summed E-state index contributed by atoms with van der Waals surface area (Å²) in [5.74, 6) is -1.34. The van der Waals surface area contributed by atoms with Gasteiger partial charge in [-0.3, -0.25) is 0 Å². The first-order chi connectivity index (χ1) is 8.16. The quantitative estimate of drug-likeness (QED) is 0.852. The highest BCUT2D eigenvalue weighted by atomic mass is 19.1. The zero-order valence-corrected chi connectivity index (χ0v) is 8.85. The third-order valence-corrected chi connectivity index (χ3v) is 2.28. The van der Waals surface area contributed by atoms with Crippen molar-refractivity contribution in [2.75, 3.05) is 5.32 Å². The van der Waals surface area contributed by atoms with Gasteiger partial charge in [0.2, 0.25) is 0 Å². The van der Waals surface area contributed by atoms with Crippen molar-refractivity contribution in [1.82, 2.24) is 0 Å². The van der Waals surface area contributed by atoms with Crippen LogP contribution < -0.4 is 5.32 Å². The smallest absolute Gasteiger partial charge is 0.335 e. The number of carboxylic acids is 1. The molecule has 0 saturated carbocycles. The summed E-state index contributed by atoms with van der Waals surface area (Å²) in [5, 5.41) is 11.6. The Kier molecular flexibility index (Phi) is 3.05. The fraction of sp³-hybridized carbons (Fsp3) is 0. The number of benzene rings is 2. The molecule has 0 radical (unpaired) electrons. The van der Waals surface area contributed by atoms with Crippen LogP contribution in [0.4, 0.5) is 15.8 Å². The van der Waals surface area contributed by atoms with Gasteiger partial charge in [-0.05, 0) is 36.4 Å². The number of carbonyl (C=O) groups is 1. The number of carboxylic acid groups (broad SMARTS) is 1. The van der Waals surface area contributed by atoms with Crippen molar-refractivity contribution in [1.29, 1.82) is 0 Å². The van der Waals surface area contributed by atoms with Gasteiger partial charge in [-0.2, -0.15) is 0 Å². The van der Waals surface area contributed by atoms with Crippen molar-refractivity contribution < 1.29 is 14.3 Å². The fourth-order valence-corrected chi connectivity index (χ4v) is 1.41. The third kappa shape index (κ3) is 2.60. The molecular formula is C13H10FNO2. The first kappa shape index (κ1) is 11.1. The van der Waals surface area contributed by atoms with Crippen LogP contribution in [-0.2, 0) is 0 Å². The van der Waals surface area contributed by atoms with Crippen LogP contribution >= 0.6 is 0 Å². The second-order valence-corrected chi connectivity index (χ2v) is 3.49. The number of para-hydroxylation sites is 1. The van der Waals surface area contributed by atoms with E-state index in [1.165, 1.54) is 18.2 Å². The zero-order valence-electron chi connectivity index (χ0n) is 8.85. The van der Waals surface area contributed by atoms with Crippen LogP contribution in [-0.4, -0.2) is 11.1 Å². The van der Waals surface area contributed by atoms with Crippen LogP contribution in [0.5, 0.6) is 0 Å². The summed E-state index contributed by atoms with van der Waals surface area (Å²) >= 11 is 0. The van der Waals surface area contributed by atoms with E-state index in [2.05, 4.69) is 5.32 Å². The molecule has 0 aliphatic heterocycles. The van der Waals surface area contributed by atoms with Gasteiger partial charge in [0, 0.05) is 5.69 Å². The van der Waals surface area contributed by atoms with E-state index in [0.717, 1.165) is 0 Å². The van der Waals surface area contributed by atoms with Crippen molar-refractivity contribution in [3.63, 3.8) is 0 Å². The Balaban J connectivity index is 2.20. The molecule has 3 nitrogen and oxygen atoms in total. The number of rotatable bonds is 3. The number of aromatic carboxylic acids is 1. The predicted molar refractivity (Wildman–Crippen MR) is 63.1 cm³/mol. The van der Waals surface area contributed by atoms with Gasteiger partial charge >= 0.3 is 5.97 Å². The van der Waals surface area contributed by atoms with Gasteiger partial charge < -0.3 is 10.4 Å². The summed E-state index contributed by atoms with van der Waals surface area (Å²) in [6, 6.07) is 12.4. The molecule has 0 aliphatic carbocycles. The molecular weight excluding hydrogens is 221 g/mol. The van der Waals surface area contributed by atoms with Gasteiger partial charge in [-0.15, -0.1) is 0 Å². The average molecular weight is 231 g/mol. The van der Waals surface area contributed by atoms with Crippen LogP contribution in [0, 0.1) is 5.82 Å². The summed E-state index contributed by atoms with van der Waals surface area (Å²) in [6.45, 7) is 0. The summed E-state index contributed by atoms with van der Waals surface area (Å²) in [7, 11) is 0. The monoisotopic (exact) mass is 231 g/mol. The minimum absolute atomic E-state index is 0.198. The minimum Gasteiger partial charge on any atom is -0.478 e. The van der Waals surface area contributed by atoms with Crippen LogP contribution in [0.1, 0.15) is 10.4 Å². The van der Waals surface area contributed by atoms with Crippen molar-refractivity contribution in [2.24, 2.45) is 0 Å². The number of hydrogen-bond acceptors (Lipinski definition) is 2. The minimum atomic E-state index is -0.984. The van der Waals surface area contributed by atoms with Crippen molar-refractivity contribution in [3.8, 4) is 0 Å². The summed E-state index contributed by atoms with van der Waals surface area (Å²) < 4.78 is 13.3. The van der Waals surface area contributed by atoms with Crippen molar-refractivity contribution in [2.45, 2.75) is 0 Å². The average Bonchev–Trinajstić information content (AvgIpc) is 2.33. The second kappa shape index (κ2) is 4.65. The Labute approximate surface area is 97.5 Å². The van der Waals surface area contributed by atoms with Crippen LogP contribution in [0.2, 0.25) is 0 Å². The molecule has 0 spiro atoms. The molecule has 0 atom stereocenters. The summed E-state index contributed by atoms with van der Waals surface area (Å²) in [6.07, 6.45) is 0. The normalized spacial score (nSPS) is 9.94. The Morgan fingerprint density at radius 1 is 1.06 bits per heavy atom. The lowest BCUT2D eigenvalue weighted by molar-refractivity contribution is 0.0697. The molecule has 2 rings (SSSR count). The molecule has 0 bridgehead atoms. The van der Waals surface area contributed by atoms with E-state index in [9.17, 15) is 9.18 Å². The lowest BCUT2D eigenvalue weighted by Crippen LogP contribution is -1.97. The Morgan fingerprint density at radius 2 is 1.71 bits per heavy atom. The van der Waals surface area contributed by atoms with Crippen LogP contribution in [0.3, 0.4) is 0 Å². The van der Waals surface area contributed by atoms with Crippen LogP contribution in [0.15, 0.2) is 48.5 Å². The highest BCUT2D eigenvalue weighted by molar-refractivity contribution is 5.88. The molecule has 2 aromatic rings. The number of halogens is 1. The van der Waals surface area contributed by atoms with Crippen LogP contribution in [0.25, 0.3) is 0 Å². The van der Waals surface area contributed by atoms with Crippen molar-refractivity contribution in [3.05, 3.63) is 59.9 Å².